The fraction of sp³-hybridized carbons (Fsp3) is 0.333. The van der Waals surface area contributed by atoms with E-state index in [0.29, 0.717) is 6.42 Å². The summed E-state index contributed by atoms with van der Waals surface area (Å²) in [5.41, 5.74) is -0.280. The first-order valence-corrected chi connectivity index (χ1v) is 6.19. The number of aliphatic carboxylic acids is 1. The molecule has 0 aliphatic rings. The van der Waals surface area contributed by atoms with Gasteiger partial charge in [-0.1, -0.05) is 18.5 Å². The minimum Gasteiger partial charge on any atom is -0.481 e. The second-order valence-corrected chi connectivity index (χ2v) is 4.55. The van der Waals surface area contributed by atoms with Gasteiger partial charge in [-0.2, -0.15) is 0 Å². The minimum atomic E-state index is -1.01. The van der Waals surface area contributed by atoms with Crippen LogP contribution in [0.2, 0.25) is 5.02 Å². The Hall–Kier alpha value is -2.15. The number of hydrogen-bond donors (Lipinski definition) is 2. The van der Waals surface area contributed by atoms with Gasteiger partial charge in [-0.15, -0.1) is 0 Å². The normalized spacial score (nSPS) is 11.7. The Morgan fingerprint density at radius 3 is 2.60 bits per heavy atom. The number of benzene rings is 1. The number of carboxylic acid groups (broad SMARTS) is 1. The zero-order valence-electron chi connectivity index (χ0n) is 10.6. The first kappa shape index (κ1) is 15.9. The number of nitrogens with one attached hydrogen (secondary N) is 1. The summed E-state index contributed by atoms with van der Waals surface area (Å²) < 4.78 is 0. The van der Waals surface area contributed by atoms with Crippen molar-refractivity contribution in [1.29, 1.82) is 0 Å². The van der Waals surface area contributed by atoms with Crippen LogP contribution in [-0.4, -0.2) is 28.5 Å². The summed E-state index contributed by atoms with van der Waals surface area (Å²) in [5, 5.41) is 22.0. The molecule has 0 heterocycles. The van der Waals surface area contributed by atoms with Crippen LogP contribution in [-0.2, 0) is 4.79 Å². The smallest absolute Gasteiger partial charge is 0.308 e. The molecule has 0 saturated heterocycles. The van der Waals surface area contributed by atoms with Crippen LogP contribution in [0.1, 0.15) is 23.7 Å². The van der Waals surface area contributed by atoms with E-state index in [-0.39, 0.29) is 22.8 Å². The molecule has 1 aromatic rings. The average molecular weight is 301 g/mol. The van der Waals surface area contributed by atoms with Crippen LogP contribution in [0, 0.1) is 16.0 Å². The molecule has 1 aromatic carbocycles. The third-order valence-corrected chi connectivity index (χ3v) is 2.92. The fourth-order valence-electron chi connectivity index (χ4n) is 1.53. The van der Waals surface area contributed by atoms with Crippen molar-refractivity contribution in [2.24, 2.45) is 5.92 Å². The van der Waals surface area contributed by atoms with Gasteiger partial charge in [0.05, 0.1) is 10.8 Å². The Kier molecular flexibility index (Phi) is 5.45. The number of carbonyl (C=O) groups excluding carboxylic acids is 1. The molecule has 1 atom stereocenters. The zero-order valence-corrected chi connectivity index (χ0v) is 11.4. The predicted octanol–water partition coefficient (Wildman–Crippen LogP) is 2.09. The average Bonchev–Trinajstić information content (AvgIpc) is 2.37. The summed E-state index contributed by atoms with van der Waals surface area (Å²) in [5.74, 6) is -2.31. The Labute approximate surface area is 119 Å². The summed E-state index contributed by atoms with van der Waals surface area (Å²) >= 11 is 5.70. The zero-order chi connectivity index (χ0) is 15.3. The van der Waals surface area contributed by atoms with Crippen LogP contribution in [0.3, 0.4) is 0 Å². The van der Waals surface area contributed by atoms with Gasteiger partial charge in [0, 0.05) is 29.3 Å². The maximum Gasteiger partial charge on any atom is 0.308 e. The van der Waals surface area contributed by atoms with Crippen molar-refractivity contribution in [3.05, 3.63) is 38.9 Å². The summed E-state index contributed by atoms with van der Waals surface area (Å²) in [6.45, 7) is 1.64. The molecule has 0 spiro atoms. The minimum absolute atomic E-state index is 0.0180. The number of halogens is 1. The van der Waals surface area contributed by atoms with Gasteiger partial charge >= 0.3 is 5.97 Å². The monoisotopic (exact) mass is 300 g/mol. The van der Waals surface area contributed by atoms with E-state index in [4.69, 9.17) is 16.7 Å². The lowest BCUT2D eigenvalue weighted by atomic mass is 10.1. The van der Waals surface area contributed by atoms with Crippen LogP contribution in [0.15, 0.2) is 18.2 Å². The number of amides is 1. The van der Waals surface area contributed by atoms with Gasteiger partial charge in [-0.3, -0.25) is 19.7 Å². The molecule has 1 rings (SSSR count). The second-order valence-electron chi connectivity index (χ2n) is 4.11. The van der Waals surface area contributed by atoms with Crippen LogP contribution >= 0.6 is 11.6 Å². The Balaban J connectivity index is 2.82. The highest BCUT2D eigenvalue weighted by Gasteiger charge is 2.18. The van der Waals surface area contributed by atoms with Crippen molar-refractivity contribution in [1.82, 2.24) is 5.32 Å². The molecule has 0 radical (unpaired) electrons. The standard InChI is InChI=1S/C12H13ClN2O5/c1-2-7(12(17)18)6-14-11(16)8-3-9(13)5-10(4-8)15(19)20/h3-5,7H,2,6H2,1H3,(H,14,16)(H,17,18). The Morgan fingerprint density at radius 2 is 2.10 bits per heavy atom. The number of rotatable bonds is 6. The Morgan fingerprint density at radius 1 is 1.45 bits per heavy atom. The van der Waals surface area contributed by atoms with Crippen molar-refractivity contribution in [3.63, 3.8) is 0 Å². The van der Waals surface area contributed by atoms with Gasteiger partial charge in [0.1, 0.15) is 0 Å². The Bertz CT molecular complexity index is 547. The van der Waals surface area contributed by atoms with Gasteiger partial charge in [-0.25, -0.2) is 0 Å². The molecule has 7 nitrogen and oxygen atoms in total. The van der Waals surface area contributed by atoms with Gasteiger partial charge in [-0.05, 0) is 12.5 Å². The molecule has 8 heteroatoms. The van der Waals surface area contributed by atoms with E-state index in [1.165, 1.54) is 6.07 Å². The van der Waals surface area contributed by atoms with Crippen LogP contribution in [0.4, 0.5) is 5.69 Å². The number of carbonyl (C=O) groups is 2. The van der Waals surface area contributed by atoms with Gasteiger partial charge in [0.2, 0.25) is 0 Å². The van der Waals surface area contributed by atoms with E-state index < -0.39 is 22.7 Å². The molecule has 0 fully saturated rings. The molecule has 2 N–H and O–H groups in total. The topological polar surface area (TPSA) is 110 Å². The van der Waals surface area contributed by atoms with Crippen molar-refractivity contribution in [2.45, 2.75) is 13.3 Å². The summed E-state index contributed by atoms with van der Waals surface area (Å²) in [6, 6.07) is 3.50. The number of carboxylic acids is 1. The lowest BCUT2D eigenvalue weighted by Gasteiger charge is -2.11. The summed E-state index contributed by atoms with van der Waals surface area (Å²) in [6.07, 6.45) is 0.366. The SMILES string of the molecule is CCC(CNC(=O)c1cc(Cl)cc([N+](=O)[O-])c1)C(=O)O. The number of nitro benzene ring substituents is 1. The maximum atomic E-state index is 11.8. The fourth-order valence-corrected chi connectivity index (χ4v) is 1.76. The van der Waals surface area contributed by atoms with Gasteiger partial charge in [0.25, 0.3) is 11.6 Å². The molecule has 0 saturated carbocycles. The van der Waals surface area contributed by atoms with E-state index >= 15 is 0 Å². The molecular formula is C12H13ClN2O5. The van der Waals surface area contributed by atoms with E-state index in [0.717, 1.165) is 12.1 Å². The van der Waals surface area contributed by atoms with Crippen molar-refractivity contribution < 1.29 is 19.6 Å². The van der Waals surface area contributed by atoms with Crippen LogP contribution in [0.25, 0.3) is 0 Å². The second kappa shape index (κ2) is 6.85. The number of non-ortho nitro benzene ring substituents is 1. The van der Waals surface area contributed by atoms with Crippen molar-refractivity contribution in [2.75, 3.05) is 6.54 Å². The van der Waals surface area contributed by atoms with Crippen molar-refractivity contribution in [3.8, 4) is 0 Å². The molecule has 0 aromatic heterocycles. The molecule has 108 valence electrons. The first-order valence-electron chi connectivity index (χ1n) is 5.81. The molecule has 1 amide bonds. The largest absolute Gasteiger partial charge is 0.481 e. The van der Waals surface area contributed by atoms with E-state index in [2.05, 4.69) is 5.32 Å². The molecule has 0 aliphatic carbocycles. The highest BCUT2D eigenvalue weighted by atomic mass is 35.5. The highest BCUT2D eigenvalue weighted by Crippen LogP contribution is 2.20. The van der Waals surface area contributed by atoms with Crippen LogP contribution in [0.5, 0.6) is 0 Å². The maximum absolute atomic E-state index is 11.8. The lowest BCUT2D eigenvalue weighted by Crippen LogP contribution is -2.32. The third kappa shape index (κ3) is 4.20. The molecule has 0 bridgehead atoms. The molecule has 0 aliphatic heterocycles. The van der Waals surface area contributed by atoms with E-state index in [9.17, 15) is 19.7 Å². The third-order valence-electron chi connectivity index (χ3n) is 2.71. The molecule has 1 unspecified atom stereocenters. The van der Waals surface area contributed by atoms with Crippen molar-refractivity contribution >= 4 is 29.2 Å². The number of hydrogen-bond acceptors (Lipinski definition) is 4. The quantitative estimate of drug-likeness (QED) is 0.617. The highest BCUT2D eigenvalue weighted by molar-refractivity contribution is 6.31. The number of nitro groups is 1. The number of nitrogens with zero attached hydrogens (tertiary/aromatic N) is 1. The molecular weight excluding hydrogens is 288 g/mol. The summed E-state index contributed by atoms with van der Waals surface area (Å²) in [7, 11) is 0. The van der Waals surface area contributed by atoms with E-state index in [1.807, 2.05) is 0 Å². The molecule has 20 heavy (non-hydrogen) atoms. The lowest BCUT2D eigenvalue weighted by molar-refractivity contribution is -0.384. The predicted molar refractivity (Wildman–Crippen MR) is 71.9 cm³/mol. The summed E-state index contributed by atoms with van der Waals surface area (Å²) in [4.78, 5) is 32.7. The van der Waals surface area contributed by atoms with Gasteiger partial charge < -0.3 is 10.4 Å². The first-order chi connectivity index (χ1) is 9.35. The van der Waals surface area contributed by atoms with Crippen LogP contribution < -0.4 is 5.32 Å². The van der Waals surface area contributed by atoms with Gasteiger partial charge in [0.15, 0.2) is 0 Å². The van der Waals surface area contributed by atoms with E-state index in [1.54, 1.807) is 6.92 Å².